The second-order valence-corrected chi connectivity index (χ2v) is 4.38. The molecule has 0 atom stereocenters. The number of hydrogen-bond donors (Lipinski definition) is 0. The number of rotatable bonds is 4. The van der Waals surface area contributed by atoms with Crippen LogP contribution in [-0.4, -0.2) is 21.5 Å². The van der Waals surface area contributed by atoms with Gasteiger partial charge in [0, 0.05) is 6.54 Å². The van der Waals surface area contributed by atoms with Gasteiger partial charge in [0.15, 0.2) is 5.82 Å². The zero-order valence-electron chi connectivity index (χ0n) is 10.7. The van der Waals surface area contributed by atoms with Crippen LogP contribution < -0.4 is 0 Å². The summed E-state index contributed by atoms with van der Waals surface area (Å²) >= 11 is 0. The maximum atomic E-state index is 13.6. The molecular formula is C13H12F4N2O. The number of nitrogens with zero attached hydrogens (tertiary/aromatic N) is 2. The Bertz CT molecular complexity index is 646. The normalized spacial score (nSPS) is 12.1. The lowest BCUT2D eigenvalue weighted by atomic mass is 10.2. The first-order valence-corrected chi connectivity index (χ1v) is 6.08. The summed E-state index contributed by atoms with van der Waals surface area (Å²) in [6, 6.07) is 4.21. The smallest absolute Gasteiger partial charge is 0.328 e. The molecule has 0 aliphatic carbocycles. The van der Waals surface area contributed by atoms with E-state index in [1.54, 1.807) is 6.07 Å². The van der Waals surface area contributed by atoms with E-state index < -0.39 is 24.2 Å². The van der Waals surface area contributed by atoms with Gasteiger partial charge in [-0.2, -0.15) is 13.2 Å². The van der Waals surface area contributed by atoms with Crippen molar-refractivity contribution in [2.45, 2.75) is 32.5 Å². The van der Waals surface area contributed by atoms with Crippen molar-refractivity contribution in [2.75, 3.05) is 0 Å². The van der Waals surface area contributed by atoms with Crippen LogP contribution in [0.2, 0.25) is 0 Å². The van der Waals surface area contributed by atoms with Crippen molar-refractivity contribution in [3.8, 4) is 0 Å². The number of carbonyl (C=O) groups excluding carboxylic acids is 1. The van der Waals surface area contributed by atoms with Crippen LogP contribution in [0.5, 0.6) is 0 Å². The minimum absolute atomic E-state index is 0.00840. The van der Waals surface area contributed by atoms with Gasteiger partial charge in [0.2, 0.25) is 5.78 Å². The lowest BCUT2D eigenvalue weighted by Crippen LogP contribution is -2.26. The predicted octanol–water partition coefficient (Wildman–Crippen LogP) is 3.26. The van der Waals surface area contributed by atoms with Crippen LogP contribution in [0.4, 0.5) is 17.6 Å². The van der Waals surface area contributed by atoms with Crippen molar-refractivity contribution in [3.05, 3.63) is 29.8 Å². The molecule has 0 spiro atoms. The fraction of sp³-hybridized carbons (Fsp3) is 0.385. The summed E-state index contributed by atoms with van der Waals surface area (Å²) in [5.74, 6) is -2.56. The summed E-state index contributed by atoms with van der Waals surface area (Å²) in [5, 5.41) is 0. The number of benzene rings is 1. The highest BCUT2D eigenvalue weighted by Crippen LogP contribution is 2.23. The van der Waals surface area contributed by atoms with Crippen molar-refractivity contribution < 1.29 is 22.4 Å². The van der Waals surface area contributed by atoms with Crippen LogP contribution in [0.25, 0.3) is 11.0 Å². The Morgan fingerprint density at radius 3 is 2.65 bits per heavy atom. The Labute approximate surface area is 112 Å². The van der Waals surface area contributed by atoms with E-state index in [0.29, 0.717) is 18.5 Å². The van der Waals surface area contributed by atoms with Crippen LogP contribution in [0.1, 0.15) is 19.2 Å². The monoisotopic (exact) mass is 288 g/mol. The zero-order chi connectivity index (χ0) is 14.9. The summed E-state index contributed by atoms with van der Waals surface area (Å²) in [7, 11) is 0. The molecule has 3 nitrogen and oxygen atoms in total. The first kappa shape index (κ1) is 14.5. The standard InChI is InChI=1S/C13H12F4N2O/c1-2-6-19-9-5-3-4-8(14)12(9)18-11(19)7-10(20)13(15,16)17/h3-5H,2,6-7H2,1H3. The van der Waals surface area contributed by atoms with E-state index >= 15 is 0 Å². The van der Waals surface area contributed by atoms with Crippen molar-refractivity contribution >= 4 is 16.8 Å². The van der Waals surface area contributed by atoms with Crippen molar-refractivity contribution in [1.29, 1.82) is 0 Å². The molecule has 1 aromatic heterocycles. The number of hydrogen-bond acceptors (Lipinski definition) is 2. The lowest BCUT2D eigenvalue weighted by Gasteiger charge is -2.08. The van der Waals surface area contributed by atoms with Gasteiger partial charge in [-0.15, -0.1) is 0 Å². The SMILES string of the molecule is CCCn1c(CC(=O)C(F)(F)F)nc2c(F)cccc21. The molecule has 0 radical (unpaired) electrons. The average molecular weight is 288 g/mol. The van der Waals surface area contributed by atoms with E-state index in [-0.39, 0.29) is 11.3 Å². The molecule has 0 fully saturated rings. The van der Waals surface area contributed by atoms with Gasteiger partial charge >= 0.3 is 6.18 Å². The molecule has 1 aromatic carbocycles. The molecule has 20 heavy (non-hydrogen) atoms. The fourth-order valence-electron chi connectivity index (χ4n) is 2.01. The molecule has 7 heteroatoms. The number of aromatic nitrogens is 2. The van der Waals surface area contributed by atoms with E-state index in [9.17, 15) is 22.4 Å². The maximum absolute atomic E-state index is 13.6. The molecule has 0 aliphatic rings. The number of halogens is 4. The summed E-state index contributed by atoms with van der Waals surface area (Å²) in [6.45, 7) is 2.21. The molecular weight excluding hydrogens is 276 g/mol. The quantitative estimate of drug-likeness (QED) is 0.809. The number of ketones is 1. The largest absolute Gasteiger partial charge is 0.450 e. The van der Waals surface area contributed by atoms with Crippen LogP contribution in [-0.2, 0) is 17.8 Å². The number of aryl methyl sites for hydroxylation is 1. The van der Waals surface area contributed by atoms with E-state index in [0.717, 1.165) is 0 Å². The molecule has 0 bridgehead atoms. The van der Waals surface area contributed by atoms with Crippen molar-refractivity contribution in [3.63, 3.8) is 0 Å². The van der Waals surface area contributed by atoms with Gasteiger partial charge < -0.3 is 4.57 Å². The number of imidazole rings is 1. The Balaban J connectivity index is 2.49. The lowest BCUT2D eigenvalue weighted by molar-refractivity contribution is -0.170. The molecule has 1 heterocycles. The summed E-state index contributed by atoms with van der Waals surface area (Å²) in [4.78, 5) is 14.9. The number of Topliss-reactive ketones (excluding diaryl/α,β-unsaturated/α-hetero) is 1. The topological polar surface area (TPSA) is 34.9 Å². The van der Waals surface area contributed by atoms with Gasteiger partial charge in [0.1, 0.15) is 11.3 Å². The predicted molar refractivity (Wildman–Crippen MR) is 64.7 cm³/mol. The molecule has 2 rings (SSSR count). The maximum Gasteiger partial charge on any atom is 0.450 e. The first-order chi connectivity index (χ1) is 9.34. The highest BCUT2D eigenvalue weighted by atomic mass is 19.4. The third-order valence-electron chi connectivity index (χ3n) is 2.89. The molecule has 0 N–H and O–H groups in total. The molecule has 0 aliphatic heterocycles. The van der Waals surface area contributed by atoms with E-state index in [1.165, 1.54) is 16.7 Å². The van der Waals surface area contributed by atoms with Crippen LogP contribution >= 0.6 is 0 Å². The second kappa shape index (κ2) is 5.22. The average Bonchev–Trinajstić information content (AvgIpc) is 2.69. The van der Waals surface area contributed by atoms with Gasteiger partial charge in [-0.25, -0.2) is 9.37 Å². The Morgan fingerprint density at radius 2 is 2.05 bits per heavy atom. The second-order valence-electron chi connectivity index (χ2n) is 4.38. The summed E-state index contributed by atoms with van der Waals surface area (Å²) < 4.78 is 52.0. The molecule has 0 amide bonds. The molecule has 0 saturated carbocycles. The van der Waals surface area contributed by atoms with E-state index in [2.05, 4.69) is 4.98 Å². The fourth-order valence-corrected chi connectivity index (χ4v) is 2.01. The van der Waals surface area contributed by atoms with Crippen molar-refractivity contribution in [1.82, 2.24) is 9.55 Å². The third-order valence-corrected chi connectivity index (χ3v) is 2.89. The number of carbonyl (C=O) groups is 1. The molecule has 0 saturated heterocycles. The zero-order valence-corrected chi connectivity index (χ0v) is 10.7. The van der Waals surface area contributed by atoms with E-state index in [4.69, 9.17) is 0 Å². The molecule has 108 valence electrons. The molecule has 2 aromatic rings. The van der Waals surface area contributed by atoms with Crippen LogP contribution in [0, 0.1) is 5.82 Å². The van der Waals surface area contributed by atoms with Crippen LogP contribution in [0.15, 0.2) is 18.2 Å². The Kier molecular flexibility index (Phi) is 3.78. The minimum atomic E-state index is -4.91. The van der Waals surface area contributed by atoms with Gasteiger partial charge in [0.25, 0.3) is 0 Å². The third kappa shape index (κ3) is 2.66. The summed E-state index contributed by atoms with van der Waals surface area (Å²) in [6.07, 6.45) is -5.15. The van der Waals surface area contributed by atoms with Crippen LogP contribution in [0.3, 0.4) is 0 Å². The Hall–Kier alpha value is -1.92. The van der Waals surface area contributed by atoms with Gasteiger partial charge in [-0.1, -0.05) is 13.0 Å². The van der Waals surface area contributed by atoms with Crippen molar-refractivity contribution in [2.24, 2.45) is 0 Å². The highest BCUT2D eigenvalue weighted by Gasteiger charge is 2.38. The molecule has 0 unspecified atom stereocenters. The van der Waals surface area contributed by atoms with Gasteiger partial charge in [-0.3, -0.25) is 4.79 Å². The number of fused-ring (bicyclic) bond motifs is 1. The Morgan fingerprint density at radius 1 is 1.35 bits per heavy atom. The minimum Gasteiger partial charge on any atom is -0.328 e. The van der Waals surface area contributed by atoms with E-state index in [1.807, 2.05) is 6.92 Å². The highest BCUT2D eigenvalue weighted by molar-refractivity contribution is 5.86. The first-order valence-electron chi connectivity index (χ1n) is 6.08. The summed E-state index contributed by atoms with van der Waals surface area (Å²) in [5.41, 5.74) is 0.391. The number of alkyl halides is 3. The van der Waals surface area contributed by atoms with Gasteiger partial charge in [0.05, 0.1) is 11.9 Å². The van der Waals surface area contributed by atoms with Gasteiger partial charge in [-0.05, 0) is 18.6 Å². The number of para-hydroxylation sites is 1.